The molecular weight excluding hydrogens is 274 g/mol. The van der Waals surface area contributed by atoms with Gasteiger partial charge in [0.25, 0.3) is 0 Å². The Morgan fingerprint density at radius 2 is 1.95 bits per heavy atom. The lowest BCUT2D eigenvalue weighted by atomic mass is 10.2. The summed E-state index contributed by atoms with van der Waals surface area (Å²) in [4.78, 5) is 16.4. The molecule has 0 aliphatic heterocycles. The van der Waals surface area contributed by atoms with Crippen molar-refractivity contribution in [1.29, 1.82) is 0 Å². The Morgan fingerprint density at radius 3 is 2.53 bits per heavy atom. The highest BCUT2D eigenvalue weighted by atomic mass is 32.2. The number of carbonyl (C=O) groups excluding carboxylic acids is 1. The third-order valence-electron chi connectivity index (χ3n) is 1.98. The van der Waals surface area contributed by atoms with Gasteiger partial charge in [0.05, 0.1) is 6.20 Å². The third-order valence-corrected chi connectivity index (χ3v) is 3.97. The van der Waals surface area contributed by atoms with E-state index in [1.165, 1.54) is 23.1 Å². The highest BCUT2D eigenvalue weighted by Gasteiger charge is 2.07. The molecule has 0 bridgehead atoms. The Bertz CT molecular complexity index is 579. The Hall–Kier alpha value is -1.57. The van der Waals surface area contributed by atoms with Gasteiger partial charge in [-0.15, -0.1) is 11.3 Å². The van der Waals surface area contributed by atoms with Crippen LogP contribution in [0.2, 0.25) is 0 Å². The number of hydrogen-bond donors (Lipinski definition) is 0. The van der Waals surface area contributed by atoms with Crippen LogP contribution >= 0.6 is 23.1 Å². The molecule has 0 N–H and O–H groups in total. The van der Waals surface area contributed by atoms with Crippen molar-refractivity contribution >= 4 is 28.9 Å². The average Bonchev–Trinajstić information content (AvgIpc) is 2.97. The first-order chi connectivity index (χ1) is 9.29. The smallest absolute Gasteiger partial charge is 0.247 e. The molecule has 0 aliphatic rings. The minimum atomic E-state index is -0.174. The second-order valence-electron chi connectivity index (χ2n) is 3.14. The van der Waals surface area contributed by atoms with Gasteiger partial charge >= 0.3 is 0 Å². The number of Topliss-reactive ketones (excluding diaryl/α,β-unsaturated/α-hetero) is 1. The summed E-state index contributed by atoms with van der Waals surface area (Å²) in [6.45, 7) is 4.00. The van der Waals surface area contributed by atoms with Gasteiger partial charge in [-0.05, 0) is 24.3 Å². The zero-order chi connectivity index (χ0) is 14.1. The van der Waals surface area contributed by atoms with Crippen LogP contribution < -0.4 is 0 Å². The first-order valence-corrected chi connectivity index (χ1v) is 7.95. The van der Waals surface area contributed by atoms with Gasteiger partial charge in [-0.1, -0.05) is 49.7 Å². The summed E-state index contributed by atoms with van der Waals surface area (Å²) in [7, 11) is 0. The van der Waals surface area contributed by atoms with E-state index in [2.05, 4.69) is 16.8 Å². The fraction of sp³-hybridized carbons (Fsp3) is 0.200. The highest BCUT2D eigenvalue weighted by Crippen LogP contribution is 2.21. The molecule has 0 amide bonds. The van der Waals surface area contributed by atoms with E-state index < -0.39 is 0 Å². The van der Waals surface area contributed by atoms with Gasteiger partial charge in [0, 0.05) is 5.56 Å². The minimum absolute atomic E-state index is 0.174. The van der Waals surface area contributed by atoms with Crippen LogP contribution in [0.4, 0.5) is 0 Å². The Balaban J connectivity index is 0.000000861. The van der Waals surface area contributed by atoms with Gasteiger partial charge in [-0.3, -0.25) is 4.79 Å². The zero-order valence-corrected chi connectivity index (χ0v) is 12.8. The minimum Gasteiger partial charge on any atom is -0.278 e. The molecule has 0 fully saturated rings. The van der Waals surface area contributed by atoms with E-state index in [0.717, 1.165) is 9.90 Å². The second kappa shape index (κ2) is 8.52. The fourth-order valence-electron chi connectivity index (χ4n) is 1.17. The highest BCUT2D eigenvalue weighted by molar-refractivity contribution is 8.00. The van der Waals surface area contributed by atoms with Crippen LogP contribution in [0.3, 0.4) is 0 Å². The maximum atomic E-state index is 11.7. The van der Waals surface area contributed by atoms with Gasteiger partial charge in [-0.25, -0.2) is 4.98 Å². The van der Waals surface area contributed by atoms with Crippen LogP contribution in [0, 0.1) is 11.8 Å². The van der Waals surface area contributed by atoms with Gasteiger partial charge in [0.2, 0.25) is 5.78 Å². The predicted octanol–water partition coefficient (Wildman–Crippen LogP) is 4.13. The Labute approximate surface area is 122 Å². The van der Waals surface area contributed by atoms with E-state index in [0.29, 0.717) is 4.88 Å². The lowest BCUT2D eigenvalue weighted by Gasteiger charge is -1.86. The maximum absolute atomic E-state index is 11.7. The molecule has 0 aliphatic carbocycles. The molecule has 1 aromatic carbocycles. The number of rotatable bonds is 2. The normalized spacial score (nSPS) is 8.79. The summed E-state index contributed by atoms with van der Waals surface area (Å²) in [5.74, 6) is 5.29. The van der Waals surface area contributed by atoms with E-state index in [4.69, 9.17) is 0 Å². The Morgan fingerprint density at radius 1 is 1.26 bits per heavy atom. The summed E-state index contributed by atoms with van der Waals surface area (Å²) in [6, 6.07) is 9.46. The van der Waals surface area contributed by atoms with E-state index in [1.807, 2.05) is 50.4 Å². The standard InChI is InChI=1S/C13H9NOS2.C2H6/c1-16-13-14-9-12(17-13)11(15)8-7-10-5-3-2-4-6-10;1-2/h2-6,9H,1H3;1-2H3. The molecule has 0 spiro atoms. The quantitative estimate of drug-likeness (QED) is 0.473. The first kappa shape index (κ1) is 15.5. The van der Waals surface area contributed by atoms with Crippen molar-refractivity contribution in [3.63, 3.8) is 0 Å². The molecule has 4 heteroatoms. The molecule has 98 valence electrons. The summed E-state index contributed by atoms with van der Waals surface area (Å²) in [5.41, 5.74) is 0.843. The number of benzene rings is 1. The molecule has 2 nitrogen and oxygen atoms in total. The average molecular weight is 289 g/mol. The number of ketones is 1. The van der Waals surface area contributed by atoms with Crippen LogP contribution in [0.1, 0.15) is 29.1 Å². The molecule has 2 aromatic rings. The molecular formula is C15H15NOS2. The van der Waals surface area contributed by atoms with E-state index >= 15 is 0 Å². The van der Waals surface area contributed by atoms with Crippen molar-refractivity contribution in [1.82, 2.24) is 4.98 Å². The monoisotopic (exact) mass is 289 g/mol. The summed E-state index contributed by atoms with van der Waals surface area (Å²) >= 11 is 2.90. The fourth-order valence-corrected chi connectivity index (χ4v) is 2.47. The van der Waals surface area contributed by atoms with Crippen LogP contribution in [0.5, 0.6) is 0 Å². The van der Waals surface area contributed by atoms with E-state index in [-0.39, 0.29) is 5.78 Å². The molecule has 19 heavy (non-hydrogen) atoms. The largest absolute Gasteiger partial charge is 0.278 e. The van der Waals surface area contributed by atoms with Crippen molar-refractivity contribution in [3.8, 4) is 11.8 Å². The number of carbonyl (C=O) groups is 1. The van der Waals surface area contributed by atoms with Crippen molar-refractivity contribution in [2.45, 2.75) is 18.2 Å². The topological polar surface area (TPSA) is 30.0 Å². The summed E-state index contributed by atoms with van der Waals surface area (Å²) in [5, 5.41) is 0. The van der Waals surface area contributed by atoms with Crippen molar-refractivity contribution < 1.29 is 4.79 Å². The van der Waals surface area contributed by atoms with Gasteiger partial charge < -0.3 is 0 Å². The first-order valence-electron chi connectivity index (χ1n) is 5.91. The van der Waals surface area contributed by atoms with Crippen molar-refractivity contribution in [2.75, 3.05) is 6.26 Å². The number of thioether (sulfide) groups is 1. The van der Waals surface area contributed by atoms with E-state index in [9.17, 15) is 4.79 Å². The SMILES string of the molecule is CC.CSc1ncc(C(=O)C#Cc2ccccc2)s1. The third kappa shape index (κ3) is 4.90. The molecule has 0 saturated carbocycles. The molecule has 0 atom stereocenters. The molecule has 1 heterocycles. The lowest BCUT2D eigenvalue weighted by molar-refractivity contribution is 0.106. The predicted molar refractivity (Wildman–Crippen MR) is 82.9 cm³/mol. The van der Waals surface area contributed by atoms with Crippen LogP contribution in [0.25, 0.3) is 0 Å². The van der Waals surface area contributed by atoms with Gasteiger partial charge in [0.1, 0.15) is 9.22 Å². The number of nitrogens with zero attached hydrogens (tertiary/aromatic N) is 1. The van der Waals surface area contributed by atoms with Gasteiger partial charge in [-0.2, -0.15) is 0 Å². The van der Waals surface area contributed by atoms with Crippen molar-refractivity contribution in [2.24, 2.45) is 0 Å². The van der Waals surface area contributed by atoms with Crippen LogP contribution in [-0.2, 0) is 0 Å². The lowest BCUT2D eigenvalue weighted by Crippen LogP contribution is -1.90. The van der Waals surface area contributed by atoms with Crippen LogP contribution in [-0.4, -0.2) is 17.0 Å². The van der Waals surface area contributed by atoms with E-state index in [1.54, 1.807) is 6.20 Å². The van der Waals surface area contributed by atoms with Crippen molar-refractivity contribution in [3.05, 3.63) is 47.0 Å². The molecule has 1 aromatic heterocycles. The maximum Gasteiger partial charge on any atom is 0.247 e. The summed E-state index contributed by atoms with van der Waals surface area (Å²) < 4.78 is 0.884. The second-order valence-corrected chi connectivity index (χ2v) is 5.22. The zero-order valence-electron chi connectivity index (χ0n) is 11.1. The number of thiazole rings is 1. The van der Waals surface area contributed by atoms with Gasteiger partial charge in [0.15, 0.2) is 0 Å². The van der Waals surface area contributed by atoms with Crippen LogP contribution in [0.15, 0.2) is 40.9 Å². The molecule has 0 radical (unpaired) electrons. The Kier molecular flexibility index (Phi) is 6.94. The molecule has 0 unspecified atom stereocenters. The molecule has 0 saturated heterocycles. The number of aromatic nitrogens is 1. The number of hydrogen-bond acceptors (Lipinski definition) is 4. The summed E-state index contributed by atoms with van der Waals surface area (Å²) in [6.07, 6.45) is 3.52. The molecule has 2 rings (SSSR count).